The summed E-state index contributed by atoms with van der Waals surface area (Å²) in [5.41, 5.74) is 0. The van der Waals surface area contributed by atoms with Crippen LogP contribution in [0.25, 0.3) is 0 Å². The molecule has 0 bridgehead atoms. The number of likely N-dealkylation sites (tertiary alicyclic amines) is 1. The van der Waals surface area contributed by atoms with Crippen molar-refractivity contribution in [2.75, 3.05) is 19.6 Å². The number of carbonyl (C=O) groups excluding carboxylic acids is 2. The maximum absolute atomic E-state index is 12.0. The van der Waals surface area contributed by atoms with Gasteiger partial charge < -0.3 is 15.0 Å². The number of ether oxygens (including phenoxy) is 1. The minimum atomic E-state index is -0.211. The lowest BCUT2D eigenvalue weighted by Crippen LogP contribution is -2.47. The summed E-state index contributed by atoms with van der Waals surface area (Å²) in [5.74, 6) is 0.267. The lowest BCUT2D eigenvalue weighted by molar-refractivity contribution is -0.134. The van der Waals surface area contributed by atoms with E-state index in [1.165, 1.54) is 13.1 Å². The van der Waals surface area contributed by atoms with Crippen molar-refractivity contribution < 1.29 is 14.3 Å². The van der Waals surface area contributed by atoms with Crippen molar-refractivity contribution in [1.82, 2.24) is 15.2 Å². The molecule has 2 rings (SSSR count). The van der Waals surface area contributed by atoms with Gasteiger partial charge >= 0.3 is 0 Å². The number of aromatic nitrogens is 1. The monoisotopic (exact) mass is 311 g/mol. The Morgan fingerprint density at radius 3 is 3.10 bits per heavy atom. The highest BCUT2D eigenvalue weighted by atomic mass is 35.5. The molecule has 1 saturated heterocycles. The molecule has 0 spiro atoms. The molecule has 1 unspecified atom stereocenters. The SMILES string of the molecule is CC(=O)NCC(=O)N1CCCC(Oc2ccncc2Cl)C1. The smallest absolute Gasteiger partial charge is 0.242 e. The number of nitrogens with zero attached hydrogens (tertiary/aromatic N) is 2. The lowest BCUT2D eigenvalue weighted by atomic mass is 10.1. The maximum Gasteiger partial charge on any atom is 0.242 e. The van der Waals surface area contributed by atoms with E-state index < -0.39 is 0 Å². The highest BCUT2D eigenvalue weighted by molar-refractivity contribution is 6.31. The van der Waals surface area contributed by atoms with Gasteiger partial charge in [0.05, 0.1) is 13.1 Å². The molecule has 0 aliphatic carbocycles. The van der Waals surface area contributed by atoms with Gasteiger partial charge in [-0.05, 0) is 12.8 Å². The van der Waals surface area contributed by atoms with Crippen LogP contribution in [0, 0.1) is 0 Å². The minimum Gasteiger partial charge on any atom is -0.487 e. The topological polar surface area (TPSA) is 71.5 Å². The molecule has 114 valence electrons. The largest absolute Gasteiger partial charge is 0.487 e. The fourth-order valence-corrected chi connectivity index (χ4v) is 2.37. The molecular formula is C14H18ClN3O3. The molecule has 0 saturated carbocycles. The van der Waals surface area contributed by atoms with Crippen molar-refractivity contribution >= 4 is 23.4 Å². The van der Waals surface area contributed by atoms with E-state index in [1.54, 1.807) is 17.2 Å². The summed E-state index contributed by atoms with van der Waals surface area (Å²) in [6, 6.07) is 1.71. The van der Waals surface area contributed by atoms with Crippen LogP contribution in [0.2, 0.25) is 5.02 Å². The fourth-order valence-electron chi connectivity index (χ4n) is 2.21. The Balaban J connectivity index is 1.90. The number of rotatable bonds is 4. The summed E-state index contributed by atoms with van der Waals surface area (Å²) >= 11 is 6.01. The first-order chi connectivity index (χ1) is 10.1. The first-order valence-electron chi connectivity index (χ1n) is 6.84. The quantitative estimate of drug-likeness (QED) is 0.908. The highest BCUT2D eigenvalue weighted by Gasteiger charge is 2.25. The van der Waals surface area contributed by atoms with Gasteiger partial charge in [-0.2, -0.15) is 0 Å². The van der Waals surface area contributed by atoms with Gasteiger partial charge in [0.1, 0.15) is 16.9 Å². The van der Waals surface area contributed by atoms with Crippen molar-refractivity contribution in [2.24, 2.45) is 0 Å². The zero-order chi connectivity index (χ0) is 15.2. The van der Waals surface area contributed by atoms with Crippen LogP contribution in [-0.2, 0) is 9.59 Å². The molecule has 1 aromatic heterocycles. The van der Waals surface area contributed by atoms with Crippen molar-refractivity contribution in [3.63, 3.8) is 0 Å². The zero-order valence-corrected chi connectivity index (χ0v) is 12.6. The van der Waals surface area contributed by atoms with Crippen LogP contribution in [0.5, 0.6) is 5.75 Å². The summed E-state index contributed by atoms with van der Waals surface area (Å²) < 4.78 is 5.84. The number of hydrogen-bond donors (Lipinski definition) is 1. The number of nitrogens with one attached hydrogen (secondary N) is 1. The number of amides is 2. The molecular weight excluding hydrogens is 294 g/mol. The molecule has 2 amide bonds. The van der Waals surface area contributed by atoms with Gasteiger partial charge in [0, 0.05) is 31.9 Å². The van der Waals surface area contributed by atoms with E-state index in [2.05, 4.69) is 10.3 Å². The van der Waals surface area contributed by atoms with Crippen LogP contribution in [-0.4, -0.2) is 47.4 Å². The normalized spacial score (nSPS) is 18.2. The summed E-state index contributed by atoms with van der Waals surface area (Å²) in [6.45, 7) is 2.60. The fraction of sp³-hybridized carbons (Fsp3) is 0.500. The molecule has 21 heavy (non-hydrogen) atoms. The Bertz CT molecular complexity index is 524. The Kier molecular flexibility index (Phi) is 5.38. The molecule has 0 aromatic carbocycles. The Labute approximate surface area is 128 Å². The van der Waals surface area contributed by atoms with E-state index in [0.717, 1.165) is 12.8 Å². The van der Waals surface area contributed by atoms with Gasteiger partial charge in [-0.3, -0.25) is 14.6 Å². The van der Waals surface area contributed by atoms with Crippen LogP contribution in [0.1, 0.15) is 19.8 Å². The van der Waals surface area contributed by atoms with Crippen LogP contribution >= 0.6 is 11.6 Å². The van der Waals surface area contributed by atoms with Crippen molar-refractivity contribution in [2.45, 2.75) is 25.9 Å². The van der Waals surface area contributed by atoms with Gasteiger partial charge in [0.15, 0.2) is 0 Å². The second-order valence-corrected chi connectivity index (χ2v) is 5.34. The third-order valence-corrected chi connectivity index (χ3v) is 3.53. The molecule has 7 heteroatoms. The number of carbonyl (C=O) groups is 2. The first kappa shape index (κ1) is 15.6. The van der Waals surface area contributed by atoms with Gasteiger partial charge in [-0.15, -0.1) is 0 Å². The van der Waals surface area contributed by atoms with E-state index in [1.807, 2.05) is 0 Å². The molecule has 0 radical (unpaired) electrons. The van der Waals surface area contributed by atoms with Crippen LogP contribution < -0.4 is 10.1 Å². The molecule has 1 aliphatic heterocycles. The van der Waals surface area contributed by atoms with E-state index in [0.29, 0.717) is 23.9 Å². The van der Waals surface area contributed by atoms with Crippen LogP contribution in [0.4, 0.5) is 0 Å². The first-order valence-corrected chi connectivity index (χ1v) is 7.22. The predicted molar refractivity (Wildman–Crippen MR) is 78.2 cm³/mol. The third-order valence-electron chi connectivity index (χ3n) is 3.25. The van der Waals surface area contributed by atoms with E-state index >= 15 is 0 Å². The van der Waals surface area contributed by atoms with Crippen LogP contribution in [0.15, 0.2) is 18.5 Å². The predicted octanol–water partition coefficient (Wildman–Crippen LogP) is 1.24. The Morgan fingerprint density at radius 1 is 1.57 bits per heavy atom. The number of pyridine rings is 1. The molecule has 6 nitrogen and oxygen atoms in total. The molecule has 1 N–H and O–H groups in total. The molecule has 2 heterocycles. The molecule has 1 fully saturated rings. The third kappa shape index (κ3) is 4.60. The molecule has 1 aliphatic rings. The zero-order valence-electron chi connectivity index (χ0n) is 11.8. The second-order valence-electron chi connectivity index (χ2n) is 4.94. The highest BCUT2D eigenvalue weighted by Crippen LogP contribution is 2.25. The number of piperidine rings is 1. The minimum absolute atomic E-state index is 0.0259. The summed E-state index contributed by atoms with van der Waals surface area (Å²) in [5, 5.41) is 2.97. The lowest BCUT2D eigenvalue weighted by Gasteiger charge is -2.33. The molecule has 1 aromatic rings. The number of halogens is 1. The van der Waals surface area contributed by atoms with E-state index in [4.69, 9.17) is 16.3 Å². The van der Waals surface area contributed by atoms with Crippen LogP contribution in [0.3, 0.4) is 0 Å². The van der Waals surface area contributed by atoms with Gasteiger partial charge in [0.2, 0.25) is 11.8 Å². The maximum atomic E-state index is 12.0. The Hall–Kier alpha value is -1.82. The van der Waals surface area contributed by atoms with Crippen molar-refractivity contribution in [1.29, 1.82) is 0 Å². The summed E-state index contributed by atoms with van der Waals surface area (Å²) in [7, 11) is 0. The second kappa shape index (κ2) is 7.26. The standard InChI is InChI=1S/C14H18ClN3O3/c1-10(19)17-8-14(20)18-6-2-3-11(9-18)21-13-4-5-16-7-12(13)15/h4-5,7,11H,2-3,6,8-9H2,1H3,(H,17,19). The summed E-state index contributed by atoms with van der Waals surface area (Å²) in [4.78, 5) is 28.4. The molecule has 1 atom stereocenters. The van der Waals surface area contributed by atoms with Crippen molar-refractivity contribution in [3.05, 3.63) is 23.5 Å². The van der Waals surface area contributed by atoms with Gasteiger partial charge in [-0.25, -0.2) is 0 Å². The van der Waals surface area contributed by atoms with Gasteiger partial charge in [0.25, 0.3) is 0 Å². The average Bonchev–Trinajstić information content (AvgIpc) is 2.47. The van der Waals surface area contributed by atoms with Gasteiger partial charge in [-0.1, -0.05) is 11.6 Å². The average molecular weight is 312 g/mol. The van der Waals surface area contributed by atoms with Crippen molar-refractivity contribution in [3.8, 4) is 5.75 Å². The summed E-state index contributed by atoms with van der Waals surface area (Å²) in [6.07, 6.45) is 4.77. The van der Waals surface area contributed by atoms with E-state index in [9.17, 15) is 9.59 Å². The van der Waals surface area contributed by atoms with E-state index in [-0.39, 0.29) is 24.5 Å². The Morgan fingerprint density at radius 2 is 2.38 bits per heavy atom. The number of hydrogen-bond acceptors (Lipinski definition) is 4.